The molecule has 1 heterocycles. The van der Waals surface area contributed by atoms with Crippen LogP contribution in [-0.2, 0) is 4.79 Å². The second-order valence-corrected chi connectivity index (χ2v) is 9.30. The molecule has 36 heavy (non-hydrogen) atoms. The number of fused-ring (bicyclic) bond motifs is 1. The lowest BCUT2D eigenvalue weighted by Gasteiger charge is -2.35. The van der Waals surface area contributed by atoms with E-state index in [9.17, 15) is 0 Å². The molecular weight excluding hydrogens is 448 g/mol. The molecule has 0 bridgehead atoms. The van der Waals surface area contributed by atoms with Crippen LogP contribution in [0.5, 0.6) is 11.5 Å². The molecule has 1 aliphatic rings. The van der Waals surface area contributed by atoms with E-state index in [1.165, 1.54) is 27.8 Å². The van der Waals surface area contributed by atoms with Crippen LogP contribution < -0.4 is 20.9 Å². The van der Waals surface area contributed by atoms with Crippen molar-refractivity contribution in [2.75, 3.05) is 13.2 Å². The van der Waals surface area contributed by atoms with Crippen molar-refractivity contribution in [2.45, 2.75) is 51.4 Å². The van der Waals surface area contributed by atoms with Gasteiger partial charge in [-0.05, 0) is 50.4 Å². The van der Waals surface area contributed by atoms with Crippen molar-refractivity contribution in [3.05, 3.63) is 107 Å². The summed E-state index contributed by atoms with van der Waals surface area (Å²) in [6.07, 6.45) is 4.29. The van der Waals surface area contributed by atoms with Gasteiger partial charge in [0.05, 0.1) is 12.4 Å². The summed E-state index contributed by atoms with van der Waals surface area (Å²) in [7, 11) is 0. The molecule has 0 aliphatic carbocycles. The lowest BCUT2D eigenvalue weighted by molar-refractivity contribution is -0.106. The Labute approximate surface area is 215 Å². The van der Waals surface area contributed by atoms with E-state index in [1.54, 1.807) is 0 Å². The standard InChI is InChI=1S/C30H35NO2.CH3NO/c1-21-11-13-24(14-12-21)30-27-16-15-26(33-23(3)9-5-4-6-17-31)19-29(27)32-20-28(30)25-10-7-8-22(2)18-25;2-1-3/h7-8,10-16,18-19,28,30H,3-6,9,17,20,31H2,1-2H3;1H,(H2,2,3). The summed E-state index contributed by atoms with van der Waals surface area (Å²) in [5, 5.41) is 0. The van der Waals surface area contributed by atoms with E-state index in [1.807, 2.05) is 12.1 Å². The molecule has 4 rings (SSSR count). The number of carbonyl (C=O) groups is 1. The first-order valence-electron chi connectivity index (χ1n) is 12.6. The Bertz CT molecular complexity index is 1140. The van der Waals surface area contributed by atoms with Gasteiger partial charge in [0.15, 0.2) is 0 Å². The summed E-state index contributed by atoms with van der Waals surface area (Å²) >= 11 is 0. The van der Waals surface area contributed by atoms with Gasteiger partial charge >= 0.3 is 0 Å². The Morgan fingerprint density at radius 1 is 1.00 bits per heavy atom. The summed E-state index contributed by atoms with van der Waals surface area (Å²) < 4.78 is 12.4. The summed E-state index contributed by atoms with van der Waals surface area (Å²) in [6.45, 7) is 9.75. The van der Waals surface area contributed by atoms with Crippen LogP contribution in [0.3, 0.4) is 0 Å². The maximum atomic E-state index is 8.58. The number of primary amides is 1. The number of nitrogens with two attached hydrogens (primary N) is 2. The maximum Gasteiger partial charge on any atom is 0.204 e. The number of benzene rings is 3. The molecule has 4 N–H and O–H groups in total. The lowest BCUT2D eigenvalue weighted by atomic mass is 9.75. The predicted molar refractivity (Wildman–Crippen MR) is 146 cm³/mol. The van der Waals surface area contributed by atoms with Gasteiger partial charge in [0.1, 0.15) is 11.5 Å². The van der Waals surface area contributed by atoms with E-state index in [2.05, 4.69) is 80.8 Å². The van der Waals surface area contributed by atoms with Gasteiger partial charge < -0.3 is 20.9 Å². The Balaban J connectivity index is 0.00000115. The zero-order valence-corrected chi connectivity index (χ0v) is 21.4. The van der Waals surface area contributed by atoms with Gasteiger partial charge in [-0.1, -0.05) is 78.7 Å². The highest BCUT2D eigenvalue weighted by Gasteiger charge is 2.33. The molecule has 5 nitrogen and oxygen atoms in total. The fraction of sp³-hybridized carbons (Fsp3) is 0.323. The fourth-order valence-electron chi connectivity index (χ4n) is 4.69. The van der Waals surface area contributed by atoms with Gasteiger partial charge in [0.25, 0.3) is 0 Å². The molecule has 0 radical (unpaired) electrons. The minimum atomic E-state index is 0.227. The second-order valence-electron chi connectivity index (χ2n) is 9.30. The third kappa shape index (κ3) is 7.22. The minimum Gasteiger partial charge on any atom is -0.492 e. The summed E-state index contributed by atoms with van der Waals surface area (Å²) in [5.74, 6) is 2.96. The van der Waals surface area contributed by atoms with E-state index in [0.29, 0.717) is 6.61 Å². The molecule has 0 saturated carbocycles. The van der Waals surface area contributed by atoms with Crippen LogP contribution in [0.4, 0.5) is 0 Å². The van der Waals surface area contributed by atoms with Crippen molar-refractivity contribution < 1.29 is 14.3 Å². The molecule has 0 fully saturated rings. The van der Waals surface area contributed by atoms with Crippen molar-refractivity contribution in [3.63, 3.8) is 0 Å². The topological polar surface area (TPSA) is 87.6 Å². The Morgan fingerprint density at radius 3 is 2.44 bits per heavy atom. The molecule has 1 amide bonds. The fourth-order valence-corrected chi connectivity index (χ4v) is 4.69. The van der Waals surface area contributed by atoms with Crippen LogP contribution >= 0.6 is 0 Å². The molecule has 2 atom stereocenters. The molecule has 1 aliphatic heterocycles. The smallest absolute Gasteiger partial charge is 0.204 e. The van der Waals surface area contributed by atoms with Crippen molar-refractivity contribution >= 4 is 6.41 Å². The normalized spacial score (nSPS) is 16.1. The first-order valence-corrected chi connectivity index (χ1v) is 12.6. The van der Waals surface area contributed by atoms with Crippen LogP contribution in [0.25, 0.3) is 0 Å². The molecule has 0 saturated heterocycles. The third-order valence-electron chi connectivity index (χ3n) is 6.47. The number of carbonyl (C=O) groups excluding carboxylic acids is 1. The van der Waals surface area contributed by atoms with Crippen molar-refractivity contribution in [3.8, 4) is 11.5 Å². The third-order valence-corrected chi connectivity index (χ3v) is 6.47. The molecule has 3 aromatic rings. The van der Waals surface area contributed by atoms with Crippen LogP contribution in [0.1, 0.15) is 65.3 Å². The van der Waals surface area contributed by atoms with Gasteiger partial charge in [-0.25, -0.2) is 0 Å². The quantitative estimate of drug-likeness (QED) is 0.216. The number of hydrogen-bond donors (Lipinski definition) is 2. The Hall–Kier alpha value is -3.57. The highest BCUT2D eigenvalue weighted by Crippen LogP contribution is 2.47. The molecule has 3 aromatic carbocycles. The molecule has 2 unspecified atom stereocenters. The van der Waals surface area contributed by atoms with Crippen LogP contribution in [0.15, 0.2) is 79.1 Å². The highest BCUT2D eigenvalue weighted by atomic mass is 16.5. The van der Waals surface area contributed by atoms with Crippen molar-refractivity contribution in [1.29, 1.82) is 0 Å². The van der Waals surface area contributed by atoms with Gasteiger partial charge in [0, 0.05) is 29.9 Å². The highest BCUT2D eigenvalue weighted by molar-refractivity contribution is 5.51. The summed E-state index contributed by atoms with van der Waals surface area (Å²) in [4.78, 5) is 8.58. The summed E-state index contributed by atoms with van der Waals surface area (Å²) in [6, 6.07) is 23.9. The lowest BCUT2D eigenvalue weighted by Crippen LogP contribution is -2.25. The first-order chi connectivity index (χ1) is 17.5. The van der Waals surface area contributed by atoms with Crippen molar-refractivity contribution in [1.82, 2.24) is 0 Å². The number of amides is 1. The van der Waals surface area contributed by atoms with E-state index < -0.39 is 0 Å². The number of hydrogen-bond acceptors (Lipinski definition) is 4. The molecular formula is C31H38N2O3. The number of allylic oxidation sites excluding steroid dienone is 1. The number of rotatable bonds is 9. The zero-order chi connectivity index (χ0) is 25.9. The monoisotopic (exact) mass is 486 g/mol. The van der Waals surface area contributed by atoms with E-state index in [4.69, 9.17) is 20.0 Å². The molecule has 190 valence electrons. The Morgan fingerprint density at radius 2 is 1.75 bits per heavy atom. The number of ether oxygens (including phenoxy) is 2. The van der Waals surface area contributed by atoms with Gasteiger partial charge in [-0.3, -0.25) is 4.79 Å². The van der Waals surface area contributed by atoms with Crippen LogP contribution in [0, 0.1) is 13.8 Å². The molecule has 0 aromatic heterocycles. The first kappa shape index (κ1) is 27.0. The number of aryl methyl sites for hydroxylation is 2. The second kappa shape index (κ2) is 13.5. The maximum absolute atomic E-state index is 8.58. The number of unbranched alkanes of at least 4 members (excludes halogenated alkanes) is 2. The van der Waals surface area contributed by atoms with Gasteiger partial charge in [-0.2, -0.15) is 0 Å². The Kier molecular flexibility index (Phi) is 10.1. The largest absolute Gasteiger partial charge is 0.492 e. The van der Waals surface area contributed by atoms with Crippen molar-refractivity contribution in [2.24, 2.45) is 11.5 Å². The van der Waals surface area contributed by atoms with E-state index in [-0.39, 0.29) is 18.2 Å². The van der Waals surface area contributed by atoms with Gasteiger partial charge in [-0.15, -0.1) is 0 Å². The SMILES string of the molecule is C=C(CCCCCN)Oc1ccc2c(c1)OCC(c1cccc(C)c1)C2c1ccc(C)cc1.NC=O. The van der Waals surface area contributed by atoms with E-state index >= 15 is 0 Å². The molecule has 5 heteroatoms. The predicted octanol–water partition coefficient (Wildman–Crippen LogP) is 6.12. The van der Waals surface area contributed by atoms with Crippen LogP contribution in [-0.4, -0.2) is 19.6 Å². The zero-order valence-electron chi connectivity index (χ0n) is 21.4. The minimum absolute atomic E-state index is 0.227. The van der Waals surface area contributed by atoms with E-state index in [0.717, 1.165) is 49.5 Å². The molecule has 0 spiro atoms. The van der Waals surface area contributed by atoms with Gasteiger partial charge in [0.2, 0.25) is 6.41 Å². The van der Waals surface area contributed by atoms with Crippen LogP contribution in [0.2, 0.25) is 0 Å². The average Bonchev–Trinajstić information content (AvgIpc) is 2.87. The summed E-state index contributed by atoms with van der Waals surface area (Å²) in [5.41, 5.74) is 16.1. The average molecular weight is 487 g/mol.